The van der Waals surface area contributed by atoms with Crippen molar-refractivity contribution in [3.8, 4) is 0 Å². The van der Waals surface area contributed by atoms with Gasteiger partial charge in [-0.2, -0.15) is 0 Å². The summed E-state index contributed by atoms with van der Waals surface area (Å²) in [5, 5.41) is 9.06. The van der Waals surface area contributed by atoms with E-state index in [0.717, 1.165) is 19.4 Å². The fraction of sp³-hybridized carbons (Fsp3) is 0.923. The van der Waals surface area contributed by atoms with Crippen LogP contribution in [0.1, 0.15) is 32.1 Å². The van der Waals surface area contributed by atoms with Crippen LogP contribution < -0.4 is 0 Å². The van der Waals surface area contributed by atoms with E-state index < -0.39 is 0 Å². The molecule has 0 radical (unpaired) electrons. The minimum atomic E-state index is -0.108. The van der Waals surface area contributed by atoms with Gasteiger partial charge in [0, 0.05) is 19.0 Å². The fourth-order valence-electron chi connectivity index (χ4n) is 2.81. The van der Waals surface area contributed by atoms with Crippen LogP contribution in [0.25, 0.3) is 0 Å². The van der Waals surface area contributed by atoms with Gasteiger partial charge in [0.1, 0.15) is 5.78 Å². The van der Waals surface area contributed by atoms with Crippen molar-refractivity contribution in [2.75, 3.05) is 32.8 Å². The van der Waals surface area contributed by atoms with Crippen LogP contribution in [0.15, 0.2) is 0 Å². The Morgan fingerprint density at radius 2 is 2.06 bits per heavy atom. The van der Waals surface area contributed by atoms with E-state index in [1.165, 1.54) is 19.3 Å². The summed E-state index contributed by atoms with van der Waals surface area (Å²) in [5.41, 5.74) is 0. The van der Waals surface area contributed by atoms with Crippen molar-refractivity contribution >= 4 is 5.78 Å². The number of hydrogen-bond acceptors (Lipinski definition) is 4. The number of Topliss-reactive ketones (excluding diaryl/α,β-unsaturated/α-hetero) is 1. The molecule has 17 heavy (non-hydrogen) atoms. The summed E-state index contributed by atoms with van der Waals surface area (Å²) in [6, 6.07) is 0. The van der Waals surface area contributed by atoms with Crippen LogP contribution in [0.3, 0.4) is 0 Å². The van der Waals surface area contributed by atoms with Gasteiger partial charge in [-0.3, -0.25) is 9.69 Å². The van der Waals surface area contributed by atoms with E-state index in [-0.39, 0.29) is 12.7 Å². The van der Waals surface area contributed by atoms with Gasteiger partial charge in [0.15, 0.2) is 0 Å². The lowest BCUT2D eigenvalue weighted by atomic mass is 9.86. The summed E-state index contributed by atoms with van der Waals surface area (Å²) < 4.78 is 5.38. The van der Waals surface area contributed by atoms with Crippen molar-refractivity contribution < 1.29 is 14.6 Å². The molecule has 1 aliphatic heterocycles. The standard InChI is InChI=1S/C13H23NO3/c15-10-12-8-14(6-7-17-12)9-13(16)11-4-2-1-3-5-11/h11-12,15H,1-10H2. The fourth-order valence-corrected chi connectivity index (χ4v) is 2.81. The Hall–Kier alpha value is -0.450. The number of nitrogens with zero attached hydrogens (tertiary/aromatic N) is 1. The lowest BCUT2D eigenvalue weighted by Gasteiger charge is -2.32. The van der Waals surface area contributed by atoms with Gasteiger partial charge in [-0.1, -0.05) is 19.3 Å². The number of carbonyl (C=O) groups is 1. The van der Waals surface area contributed by atoms with Gasteiger partial charge in [-0.15, -0.1) is 0 Å². The minimum Gasteiger partial charge on any atom is -0.394 e. The maximum atomic E-state index is 12.1. The molecule has 0 aromatic carbocycles. The largest absolute Gasteiger partial charge is 0.394 e. The molecule has 4 heteroatoms. The van der Waals surface area contributed by atoms with Crippen LogP contribution in [0, 0.1) is 5.92 Å². The van der Waals surface area contributed by atoms with Crippen LogP contribution >= 0.6 is 0 Å². The molecule has 2 fully saturated rings. The second-order valence-corrected chi connectivity index (χ2v) is 5.21. The third kappa shape index (κ3) is 3.76. The normalized spacial score (nSPS) is 28.2. The average molecular weight is 241 g/mol. The Bertz CT molecular complexity index is 251. The topological polar surface area (TPSA) is 49.8 Å². The monoisotopic (exact) mass is 241 g/mol. The molecular weight excluding hydrogens is 218 g/mol. The van der Waals surface area contributed by atoms with Crippen LogP contribution in [0.2, 0.25) is 0 Å². The van der Waals surface area contributed by atoms with E-state index in [1.54, 1.807) is 0 Å². The third-order valence-corrected chi connectivity index (χ3v) is 3.87. The lowest BCUT2D eigenvalue weighted by Crippen LogP contribution is -2.46. The number of aliphatic hydroxyl groups excluding tert-OH is 1. The summed E-state index contributed by atoms with van der Waals surface area (Å²) >= 11 is 0. The number of rotatable bonds is 4. The van der Waals surface area contributed by atoms with Crippen LogP contribution in [-0.2, 0) is 9.53 Å². The van der Waals surface area contributed by atoms with Gasteiger partial charge >= 0.3 is 0 Å². The molecule has 2 aliphatic rings. The predicted molar refractivity (Wildman–Crippen MR) is 64.8 cm³/mol. The zero-order valence-electron chi connectivity index (χ0n) is 10.4. The molecule has 1 atom stereocenters. The Balaban J connectivity index is 1.77. The Morgan fingerprint density at radius 3 is 2.76 bits per heavy atom. The first kappa shape index (κ1) is 13.0. The highest BCUT2D eigenvalue weighted by atomic mass is 16.5. The Kier molecular flexibility index (Phi) is 4.95. The van der Waals surface area contributed by atoms with E-state index in [2.05, 4.69) is 4.90 Å². The van der Waals surface area contributed by atoms with Gasteiger partial charge < -0.3 is 9.84 Å². The molecule has 0 aromatic rings. The van der Waals surface area contributed by atoms with Gasteiger partial charge in [0.25, 0.3) is 0 Å². The highest BCUT2D eigenvalue weighted by molar-refractivity contribution is 5.83. The lowest BCUT2D eigenvalue weighted by molar-refractivity contribution is -0.127. The first-order valence-corrected chi connectivity index (χ1v) is 6.77. The van der Waals surface area contributed by atoms with Crippen molar-refractivity contribution in [2.45, 2.75) is 38.2 Å². The Labute approximate surface area is 103 Å². The molecule has 1 heterocycles. The zero-order chi connectivity index (χ0) is 12.1. The number of aliphatic hydroxyl groups is 1. The van der Waals surface area contributed by atoms with E-state index in [9.17, 15) is 4.79 Å². The zero-order valence-corrected chi connectivity index (χ0v) is 10.4. The molecule has 98 valence electrons. The van der Waals surface area contributed by atoms with Gasteiger partial charge in [0.2, 0.25) is 0 Å². The van der Waals surface area contributed by atoms with Gasteiger partial charge in [-0.25, -0.2) is 0 Å². The van der Waals surface area contributed by atoms with E-state index in [4.69, 9.17) is 9.84 Å². The summed E-state index contributed by atoms with van der Waals surface area (Å²) in [4.78, 5) is 14.2. The molecule has 4 nitrogen and oxygen atoms in total. The summed E-state index contributed by atoms with van der Waals surface area (Å²) in [7, 11) is 0. The number of carbonyl (C=O) groups excluding carboxylic acids is 1. The van der Waals surface area contributed by atoms with Crippen molar-refractivity contribution in [1.29, 1.82) is 0 Å². The Morgan fingerprint density at radius 1 is 1.29 bits per heavy atom. The first-order valence-electron chi connectivity index (χ1n) is 6.77. The van der Waals surface area contributed by atoms with E-state index in [1.807, 2.05) is 0 Å². The third-order valence-electron chi connectivity index (χ3n) is 3.87. The molecule has 0 aromatic heterocycles. The first-order chi connectivity index (χ1) is 8.29. The predicted octanol–water partition coefficient (Wildman–Crippen LogP) is 0.829. The second kappa shape index (κ2) is 6.47. The number of ether oxygens (including phenoxy) is 1. The molecule has 1 unspecified atom stereocenters. The van der Waals surface area contributed by atoms with Gasteiger partial charge in [-0.05, 0) is 12.8 Å². The second-order valence-electron chi connectivity index (χ2n) is 5.21. The van der Waals surface area contributed by atoms with Gasteiger partial charge in [0.05, 0.1) is 25.9 Å². The molecule has 1 saturated carbocycles. The van der Waals surface area contributed by atoms with Crippen molar-refractivity contribution in [2.24, 2.45) is 5.92 Å². The van der Waals surface area contributed by atoms with Crippen molar-refractivity contribution in [1.82, 2.24) is 4.90 Å². The molecule has 0 bridgehead atoms. The molecule has 1 saturated heterocycles. The van der Waals surface area contributed by atoms with E-state index >= 15 is 0 Å². The molecule has 0 spiro atoms. The van der Waals surface area contributed by atoms with Crippen LogP contribution in [0.4, 0.5) is 0 Å². The molecule has 1 N–H and O–H groups in total. The number of ketones is 1. The average Bonchev–Trinajstić information content (AvgIpc) is 2.40. The molecule has 0 amide bonds. The smallest absolute Gasteiger partial charge is 0.149 e. The molecular formula is C13H23NO3. The van der Waals surface area contributed by atoms with Crippen LogP contribution in [0.5, 0.6) is 0 Å². The number of morpholine rings is 1. The van der Waals surface area contributed by atoms with E-state index in [0.29, 0.717) is 31.4 Å². The molecule has 2 rings (SSSR count). The number of hydrogen-bond donors (Lipinski definition) is 1. The minimum absolute atomic E-state index is 0.0497. The van der Waals surface area contributed by atoms with Crippen molar-refractivity contribution in [3.05, 3.63) is 0 Å². The SMILES string of the molecule is O=C(CN1CCOC(CO)C1)C1CCCCC1. The maximum absolute atomic E-state index is 12.1. The van der Waals surface area contributed by atoms with Crippen LogP contribution in [-0.4, -0.2) is 54.7 Å². The van der Waals surface area contributed by atoms with Crippen molar-refractivity contribution in [3.63, 3.8) is 0 Å². The molecule has 1 aliphatic carbocycles. The summed E-state index contributed by atoms with van der Waals surface area (Å²) in [5.74, 6) is 0.683. The summed E-state index contributed by atoms with van der Waals surface area (Å²) in [6.07, 6.45) is 5.74. The quantitative estimate of drug-likeness (QED) is 0.792. The maximum Gasteiger partial charge on any atom is 0.149 e. The highest BCUT2D eigenvalue weighted by Crippen LogP contribution is 2.24. The highest BCUT2D eigenvalue weighted by Gasteiger charge is 2.26. The summed E-state index contributed by atoms with van der Waals surface area (Å²) in [6.45, 7) is 2.73.